The van der Waals surface area contributed by atoms with Crippen LogP contribution in [0.25, 0.3) is 0 Å². The highest BCUT2D eigenvalue weighted by Crippen LogP contribution is 2.23. The van der Waals surface area contributed by atoms with Gasteiger partial charge in [0.15, 0.2) is 19.0 Å². The van der Waals surface area contributed by atoms with Crippen molar-refractivity contribution in [3.63, 3.8) is 0 Å². The molecule has 1 aliphatic heterocycles. The van der Waals surface area contributed by atoms with E-state index >= 15 is 0 Å². The summed E-state index contributed by atoms with van der Waals surface area (Å²) < 4.78 is 10.8. The van der Waals surface area contributed by atoms with E-state index in [0.717, 1.165) is 19.3 Å². The molecule has 0 radical (unpaired) electrons. The number of esters is 1. The lowest BCUT2D eigenvalue weighted by Gasteiger charge is -2.38. The van der Waals surface area contributed by atoms with Crippen molar-refractivity contribution in [1.82, 2.24) is 9.88 Å². The molecule has 0 saturated carbocycles. The average Bonchev–Trinajstić information content (AvgIpc) is 3.10. The van der Waals surface area contributed by atoms with Gasteiger partial charge in [0.05, 0.1) is 11.3 Å². The van der Waals surface area contributed by atoms with Crippen molar-refractivity contribution in [3.8, 4) is 5.75 Å². The van der Waals surface area contributed by atoms with Crippen LogP contribution in [0.3, 0.4) is 0 Å². The lowest BCUT2D eigenvalue weighted by molar-refractivity contribution is -0.139. The number of H-pyrrole nitrogens is 1. The highest BCUT2D eigenvalue weighted by molar-refractivity contribution is 6.04. The Morgan fingerprint density at radius 1 is 1.00 bits per heavy atom. The van der Waals surface area contributed by atoms with Gasteiger partial charge in [0.1, 0.15) is 5.75 Å². The van der Waals surface area contributed by atoms with Gasteiger partial charge in [-0.15, -0.1) is 0 Å². The van der Waals surface area contributed by atoms with Gasteiger partial charge in [-0.2, -0.15) is 0 Å². The van der Waals surface area contributed by atoms with E-state index in [0.29, 0.717) is 22.6 Å². The second kappa shape index (κ2) is 10.7. The summed E-state index contributed by atoms with van der Waals surface area (Å²) in [7, 11) is 0. The molecular weight excluding hydrogens is 436 g/mol. The molecule has 2 aromatic rings. The Morgan fingerprint density at radius 3 is 2.18 bits per heavy atom. The minimum absolute atomic E-state index is 0.0514. The van der Waals surface area contributed by atoms with E-state index in [1.807, 2.05) is 4.90 Å². The number of piperidine rings is 1. The first kappa shape index (κ1) is 25.2. The number of carbonyl (C=O) groups excluding carboxylic acids is 4. The summed E-state index contributed by atoms with van der Waals surface area (Å²) in [4.78, 5) is 54.0. The zero-order valence-corrected chi connectivity index (χ0v) is 20.4. The Hall–Kier alpha value is -3.42. The summed E-state index contributed by atoms with van der Waals surface area (Å²) in [5.41, 5.74) is 2.16. The summed E-state index contributed by atoms with van der Waals surface area (Å²) >= 11 is 0. The first-order chi connectivity index (χ1) is 16.1. The van der Waals surface area contributed by atoms with Gasteiger partial charge in [-0.3, -0.25) is 14.4 Å². The lowest BCUT2D eigenvalue weighted by Crippen LogP contribution is -2.49. The quantitative estimate of drug-likeness (QED) is 0.463. The van der Waals surface area contributed by atoms with E-state index < -0.39 is 18.4 Å². The molecule has 2 atom stereocenters. The Labute approximate surface area is 199 Å². The standard InChI is InChI=1S/C26H32N2O6/c1-15-7-6-8-16(2)28(15)23(31)14-33-21-11-9-20(10-12-21)26(32)34-13-22(30)25-17(3)24(19(5)29)18(4)27-25/h9-12,15-16,27H,6-8,13-14H2,1-5H3. The highest BCUT2D eigenvalue weighted by Gasteiger charge is 2.29. The zero-order chi connectivity index (χ0) is 25.0. The van der Waals surface area contributed by atoms with Crippen molar-refractivity contribution in [2.24, 2.45) is 0 Å². The number of hydrogen-bond donors (Lipinski definition) is 1. The van der Waals surface area contributed by atoms with Gasteiger partial charge in [0, 0.05) is 23.3 Å². The van der Waals surface area contributed by atoms with Crippen molar-refractivity contribution in [2.75, 3.05) is 13.2 Å². The number of benzene rings is 1. The van der Waals surface area contributed by atoms with Gasteiger partial charge >= 0.3 is 5.97 Å². The van der Waals surface area contributed by atoms with Gasteiger partial charge in [0.2, 0.25) is 5.78 Å². The Bertz CT molecular complexity index is 1080. The Balaban J connectivity index is 1.53. The van der Waals surface area contributed by atoms with Crippen molar-refractivity contribution < 1.29 is 28.7 Å². The van der Waals surface area contributed by atoms with Gasteiger partial charge in [-0.1, -0.05) is 0 Å². The molecule has 0 aliphatic carbocycles. The van der Waals surface area contributed by atoms with Crippen LogP contribution in [0, 0.1) is 13.8 Å². The van der Waals surface area contributed by atoms with Crippen LogP contribution in [0.5, 0.6) is 5.75 Å². The second-order valence-electron chi connectivity index (χ2n) is 8.92. The number of rotatable bonds is 8. The predicted octanol–water partition coefficient (Wildman–Crippen LogP) is 4.04. The zero-order valence-electron chi connectivity index (χ0n) is 20.4. The molecule has 1 aromatic carbocycles. The van der Waals surface area contributed by atoms with Gasteiger partial charge in [-0.05, 0) is 83.7 Å². The molecule has 1 aromatic heterocycles. The molecule has 8 heteroatoms. The van der Waals surface area contributed by atoms with Crippen LogP contribution in [0.1, 0.15) is 82.5 Å². The van der Waals surface area contributed by atoms with E-state index in [1.54, 1.807) is 26.0 Å². The maximum Gasteiger partial charge on any atom is 0.338 e. The normalized spacial score (nSPS) is 17.9. The van der Waals surface area contributed by atoms with Crippen molar-refractivity contribution in [2.45, 2.75) is 66.0 Å². The minimum atomic E-state index is -0.653. The van der Waals surface area contributed by atoms with E-state index in [2.05, 4.69) is 18.8 Å². The number of amides is 1. The van der Waals surface area contributed by atoms with Gasteiger partial charge < -0.3 is 19.4 Å². The summed E-state index contributed by atoms with van der Waals surface area (Å²) in [6.07, 6.45) is 3.12. The second-order valence-corrected chi connectivity index (χ2v) is 8.92. The number of carbonyl (C=O) groups is 4. The van der Waals surface area contributed by atoms with Crippen LogP contribution in [0.4, 0.5) is 0 Å². The molecule has 1 N–H and O–H groups in total. The van der Waals surface area contributed by atoms with E-state index in [4.69, 9.17) is 9.47 Å². The van der Waals surface area contributed by atoms with Crippen LogP contribution in [-0.4, -0.2) is 58.6 Å². The van der Waals surface area contributed by atoms with Crippen LogP contribution in [0.2, 0.25) is 0 Å². The molecule has 2 unspecified atom stereocenters. The third-order valence-electron chi connectivity index (χ3n) is 6.34. The number of aromatic amines is 1. The first-order valence-electron chi connectivity index (χ1n) is 11.5. The fourth-order valence-electron chi connectivity index (χ4n) is 4.66. The molecule has 1 aliphatic rings. The number of ether oxygens (including phenoxy) is 2. The van der Waals surface area contributed by atoms with E-state index in [1.165, 1.54) is 19.1 Å². The molecule has 182 valence electrons. The van der Waals surface area contributed by atoms with Crippen LogP contribution in [-0.2, 0) is 9.53 Å². The maximum absolute atomic E-state index is 12.6. The summed E-state index contributed by atoms with van der Waals surface area (Å²) in [6.45, 7) is 8.44. The smallest absolute Gasteiger partial charge is 0.338 e. The van der Waals surface area contributed by atoms with Crippen molar-refractivity contribution in [1.29, 1.82) is 0 Å². The molecule has 34 heavy (non-hydrogen) atoms. The van der Waals surface area contributed by atoms with Crippen LogP contribution < -0.4 is 4.74 Å². The van der Waals surface area contributed by atoms with Crippen molar-refractivity contribution in [3.05, 3.63) is 52.3 Å². The summed E-state index contributed by atoms with van der Waals surface area (Å²) in [5.74, 6) is -0.788. The Morgan fingerprint density at radius 2 is 1.62 bits per heavy atom. The molecule has 1 saturated heterocycles. The predicted molar refractivity (Wildman–Crippen MR) is 126 cm³/mol. The fourth-order valence-corrected chi connectivity index (χ4v) is 4.66. The molecule has 2 heterocycles. The van der Waals surface area contributed by atoms with E-state index in [9.17, 15) is 19.2 Å². The molecule has 0 bridgehead atoms. The van der Waals surface area contributed by atoms with Gasteiger partial charge in [-0.25, -0.2) is 4.79 Å². The highest BCUT2D eigenvalue weighted by atomic mass is 16.5. The first-order valence-corrected chi connectivity index (χ1v) is 11.5. The number of aromatic nitrogens is 1. The molecule has 0 spiro atoms. The summed E-state index contributed by atoms with van der Waals surface area (Å²) in [6, 6.07) is 6.63. The number of nitrogens with zero attached hydrogens (tertiary/aromatic N) is 1. The Kier molecular flexibility index (Phi) is 7.91. The molecule has 8 nitrogen and oxygen atoms in total. The fraction of sp³-hybridized carbons (Fsp3) is 0.462. The number of hydrogen-bond acceptors (Lipinski definition) is 6. The molecular formula is C26H32N2O6. The van der Waals surface area contributed by atoms with Crippen molar-refractivity contribution >= 4 is 23.4 Å². The maximum atomic E-state index is 12.6. The van der Waals surface area contributed by atoms with Crippen LogP contribution in [0.15, 0.2) is 24.3 Å². The monoisotopic (exact) mass is 468 g/mol. The third kappa shape index (κ3) is 5.55. The van der Waals surface area contributed by atoms with Crippen LogP contribution >= 0.6 is 0 Å². The number of aryl methyl sites for hydroxylation is 1. The largest absolute Gasteiger partial charge is 0.484 e. The number of Topliss-reactive ketones (excluding diaryl/α,β-unsaturated/α-hetero) is 2. The van der Waals surface area contributed by atoms with Gasteiger partial charge in [0.25, 0.3) is 5.91 Å². The SMILES string of the molecule is CC(=O)c1c(C)[nH]c(C(=O)COC(=O)c2ccc(OCC(=O)N3C(C)CCCC3C)cc2)c1C. The van der Waals surface area contributed by atoms with E-state index in [-0.39, 0.29) is 41.6 Å². The number of ketones is 2. The summed E-state index contributed by atoms with van der Waals surface area (Å²) in [5, 5.41) is 0. The topological polar surface area (TPSA) is 106 Å². The number of nitrogens with one attached hydrogen (secondary N) is 1. The lowest BCUT2D eigenvalue weighted by atomic mass is 9.97. The molecule has 1 amide bonds. The average molecular weight is 469 g/mol. The molecule has 3 rings (SSSR count). The third-order valence-corrected chi connectivity index (χ3v) is 6.34. The minimum Gasteiger partial charge on any atom is -0.484 e. The molecule has 1 fully saturated rings. The number of likely N-dealkylation sites (tertiary alicyclic amines) is 1.